The van der Waals surface area contributed by atoms with Gasteiger partial charge in [0.15, 0.2) is 0 Å². The van der Waals surface area contributed by atoms with Crippen molar-refractivity contribution in [2.75, 3.05) is 20.3 Å². The van der Waals surface area contributed by atoms with Crippen molar-refractivity contribution in [1.29, 1.82) is 0 Å². The van der Waals surface area contributed by atoms with Crippen molar-refractivity contribution < 1.29 is 19.0 Å². The van der Waals surface area contributed by atoms with Crippen LogP contribution in [0.3, 0.4) is 0 Å². The molecule has 0 radical (unpaired) electrons. The number of carbonyl (C=O) groups excluding carboxylic acids is 1. The number of benzene rings is 1. The summed E-state index contributed by atoms with van der Waals surface area (Å²) in [6.45, 7) is 2.09. The molecule has 0 aromatic heterocycles. The molecule has 0 bridgehead atoms. The van der Waals surface area contributed by atoms with Crippen molar-refractivity contribution in [2.45, 2.75) is 19.4 Å². The number of methoxy groups -OCH3 is 1. The van der Waals surface area contributed by atoms with E-state index >= 15 is 0 Å². The maximum atomic E-state index is 13.3. The third-order valence-electron chi connectivity index (χ3n) is 2.64. The highest BCUT2D eigenvalue weighted by atomic mass is 19.1. The number of amides is 1. The molecule has 0 aliphatic heterocycles. The third-order valence-corrected chi connectivity index (χ3v) is 2.64. The van der Waals surface area contributed by atoms with Crippen LogP contribution in [0.2, 0.25) is 0 Å². The molecule has 20 heavy (non-hydrogen) atoms. The number of carbonyl (C=O) groups is 1. The van der Waals surface area contributed by atoms with Crippen molar-refractivity contribution in [3.63, 3.8) is 0 Å². The van der Waals surface area contributed by atoms with Crippen molar-refractivity contribution in [3.8, 4) is 11.8 Å². The summed E-state index contributed by atoms with van der Waals surface area (Å²) in [4.78, 5) is 12.0. The van der Waals surface area contributed by atoms with E-state index < -0.39 is 11.7 Å². The Morgan fingerprint density at radius 2 is 2.30 bits per heavy atom. The average Bonchev–Trinajstić information content (AvgIpc) is 2.46. The Labute approximate surface area is 117 Å². The summed E-state index contributed by atoms with van der Waals surface area (Å²) < 4.78 is 18.3. The molecule has 1 aromatic carbocycles. The number of halogens is 1. The maximum Gasteiger partial charge on any atom is 0.252 e. The van der Waals surface area contributed by atoms with Gasteiger partial charge in [-0.1, -0.05) is 11.8 Å². The summed E-state index contributed by atoms with van der Waals surface area (Å²) in [5.74, 6) is 4.57. The van der Waals surface area contributed by atoms with E-state index in [9.17, 15) is 9.18 Å². The highest BCUT2D eigenvalue weighted by molar-refractivity contribution is 5.96. The van der Waals surface area contributed by atoms with Gasteiger partial charge >= 0.3 is 0 Å². The second-order valence-corrected chi connectivity index (χ2v) is 4.22. The first-order chi connectivity index (χ1) is 9.58. The normalized spacial score (nSPS) is 11.4. The number of aliphatic hydroxyl groups excluding tert-OH is 1. The molecular weight excluding hydrogens is 261 g/mol. The second kappa shape index (κ2) is 8.31. The molecule has 1 unspecified atom stereocenters. The molecule has 0 saturated carbocycles. The molecule has 4 nitrogen and oxygen atoms in total. The van der Waals surface area contributed by atoms with E-state index in [-0.39, 0.29) is 18.3 Å². The maximum absolute atomic E-state index is 13.3. The molecule has 1 aromatic rings. The highest BCUT2D eigenvalue weighted by Crippen LogP contribution is 2.10. The van der Waals surface area contributed by atoms with E-state index in [4.69, 9.17) is 9.84 Å². The van der Waals surface area contributed by atoms with Gasteiger partial charge in [-0.25, -0.2) is 4.39 Å². The first-order valence-electron chi connectivity index (χ1n) is 6.28. The lowest BCUT2D eigenvalue weighted by Gasteiger charge is -2.11. The quantitative estimate of drug-likeness (QED) is 0.799. The van der Waals surface area contributed by atoms with E-state index in [0.29, 0.717) is 18.5 Å². The van der Waals surface area contributed by atoms with Crippen molar-refractivity contribution in [2.24, 2.45) is 0 Å². The first kappa shape index (κ1) is 16.2. The van der Waals surface area contributed by atoms with Crippen molar-refractivity contribution in [1.82, 2.24) is 5.32 Å². The van der Waals surface area contributed by atoms with Gasteiger partial charge in [-0.15, -0.1) is 0 Å². The standard InChI is InChI=1S/C15H18FNO3/c1-11(20-2)10-17-15(19)14-9-13(16)7-6-12(14)5-3-4-8-18/h6-7,9,11,18H,4,8,10H2,1-2H3,(H,17,19). The molecule has 0 heterocycles. The zero-order chi connectivity index (χ0) is 15.0. The van der Waals surface area contributed by atoms with Crippen LogP contribution in [-0.4, -0.2) is 37.4 Å². The highest BCUT2D eigenvalue weighted by Gasteiger charge is 2.12. The SMILES string of the molecule is COC(C)CNC(=O)c1cc(F)ccc1C#CCCO. The Morgan fingerprint density at radius 3 is 2.95 bits per heavy atom. The average molecular weight is 279 g/mol. The van der Waals surface area contributed by atoms with Gasteiger partial charge in [-0.05, 0) is 25.1 Å². The fourth-order valence-electron chi connectivity index (χ4n) is 1.44. The summed E-state index contributed by atoms with van der Waals surface area (Å²) >= 11 is 0. The number of ether oxygens (including phenoxy) is 1. The molecule has 0 saturated heterocycles. The van der Waals surface area contributed by atoms with Gasteiger partial charge in [0.05, 0.1) is 18.3 Å². The second-order valence-electron chi connectivity index (χ2n) is 4.22. The summed E-state index contributed by atoms with van der Waals surface area (Å²) in [6, 6.07) is 3.85. The zero-order valence-electron chi connectivity index (χ0n) is 11.6. The van der Waals surface area contributed by atoms with Crippen molar-refractivity contribution >= 4 is 5.91 Å². The van der Waals surface area contributed by atoms with Gasteiger partial charge < -0.3 is 15.2 Å². The smallest absolute Gasteiger partial charge is 0.252 e. The topological polar surface area (TPSA) is 58.6 Å². The van der Waals surface area contributed by atoms with Crippen LogP contribution in [0.1, 0.15) is 29.3 Å². The molecule has 1 rings (SSSR count). The number of rotatable bonds is 5. The predicted molar refractivity (Wildman–Crippen MR) is 73.8 cm³/mol. The van der Waals surface area contributed by atoms with Crippen LogP contribution in [0.5, 0.6) is 0 Å². The number of hydrogen-bond acceptors (Lipinski definition) is 3. The van der Waals surface area contributed by atoms with Gasteiger partial charge in [0, 0.05) is 25.6 Å². The summed E-state index contributed by atoms with van der Waals surface area (Å²) in [5.41, 5.74) is 0.612. The molecule has 0 aliphatic carbocycles. The Hall–Kier alpha value is -1.90. The fraction of sp³-hybridized carbons (Fsp3) is 0.400. The molecule has 1 atom stereocenters. The summed E-state index contributed by atoms with van der Waals surface area (Å²) in [7, 11) is 1.55. The number of hydrogen-bond donors (Lipinski definition) is 2. The minimum absolute atomic E-state index is 0.0545. The lowest BCUT2D eigenvalue weighted by molar-refractivity contribution is 0.0870. The van der Waals surface area contributed by atoms with Crippen LogP contribution >= 0.6 is 0 Å². The van der Waals surface area contributed by atoms with Crippen LogP contribution in [0.15, 0.2) is 18.2 Å². The van der Waals surface area contributed by atoms with Gasteiger partial charge in [-0.3, -0.25) is 4.79 Å². The third kappa shape index (κ3) is 5.00. The Bertz CT molecular complexity index is 520. The lowest BCUT2D eigenvalue weighted by Crippen LogP contribution is -2.32. The van der Waals surface area contributed by atoms with E-state index in [1.807, 2.05) is 6.92 Å². The van der Waals surface area contributed by atoms with E-state index in [2.05, 4.69) is 17.2 Å². The van der Waals surface area contributed by atoms with Gasteiger partial charge in [0.1, 0.15) is 5.82 Å². The monoisotopic (exact) mass is 279 g/mol. The molecule has 0 fully saturated rings. The van der Waals surface area contributed by atoms with Crippen LogP contribution in [0.4, 0.5) is 4.39 Å². The minimum atomic E-state index is -0.498. The molecule has 2 N–H and O–H groups in total. The summed E-state index contributed by atoms with van der Waals surface area (Å²) in [5, 5.41) is 11.3. The number of nitrogens with one attached hydrogen (secondary N) is 1. The van der Waals surface area contributed by atoms with E-state index in [0.717, 1.165) is 6.07 Å². The molecule has 108 valence electrons. The van der Waals surface area contributed by atoms with Crippen LogP contribution in [0.25, 0.3) is 0 Å². The zero-order valence-corrected chi connectivity index (χ0v) is 11.6. The predicted octanol–water partition coefficient (Wildman–Crippen LogP) is 1.32. The van der Waals surface area contributed by atoms with Crippen LogP contribution in [-0.2, 0) is 4.74 Å². The number of aliphatic hydroxyl groups is 1. The fourth-order valence-corrected chi connectivity index (χ4v) is 1.44. The molecule has 1 amide bonds. The molecule has 0 aliphatic rings. The van der Waals surface area contributed by atoms with Crippen LogP contribution in [0, 0.1) is 17.7 Å². The van der Waals surface area contributed by atoms with Gasteiger partial charge in [-0.2, -0.15) is 0 Å². The lowest BCUT2D eigenvalue weighted by atomic mass is 10.1. The first-order valence-corrected chi connectivity index (χ1v) is 6.28. The van der Waals surface area contributed by atoms with E-state index in [1.165, 1.54) is 12.1 Å². The Morgan fingerprint density at radius 1 is 1.55 bits per heavy atom. The minimum Gasteiger partial charge on any atom is -0.395 e. The largest absolute Gasteiger partial charge is 0.395 e. The Balaban J connectivity index is 2.89. The molecule has 0 spiro atoms. The molecule has 5 heteroatoms. The Kier molecular flexibility index (Phi) is 6.71. The van der Waals surface area contributed by atoms with Gasteiger partial charge in [0.2, 0.25) is 0 Å². The molecular formula is C15H18FNO3. The van der Waals surface area contributed by atoms with Crippen LogP contribution < -0.4 is 5.32 Å². The van der Waals surface area contributed by atoms with Gasteiger partial charge in [0.25, 0.3) is 5.91 Å². The summed E-state index contributed by atoms with van der Waals surface area (Å²) in [6.07, 6.45) is 0.176. The van der Waals surface area contributed by atoms with Crippen molar-refractivity contribution in [3.05, 3.63) is 35.1 Å². The van der Waals surface area contributed by atoms with E-state index in [1.54, 1.807) is 7.11 Å².